The molecule has 0 radical (unpaired) electrons. The van der Waals surface area contributed by atoms with E-state index in [0.717, 1.165) is 6.21 Å². The summed E-state index contributed by atoms with van der Waals surface area (Å²) in [5.74, 6) is 0.336. The van der Waals surface area contributed by atoms with Crippen molar-refractivity contribution in [1.29, 1.82) is 0 Å². The van der Waals surface area contributed by atoms with Gasteiger partial charge in [0.25, 0.3) is 0 Å². The number of oxime groups is 1. The fourth-order valence-electron chi connectivity index (χ4n) is 0.882. The molecule has 0 unspecified atom stereocenters. The Labute approximate surface area is 75.4 Å². The molecule has 13 heavy (non-hydrogen) atoms. The Bertz CT molecular complexity index is 316. The number of ether oxygens (including phenoxy) is 1. The Balaban J connectivity index is 2.85. The van der Waals surface area contributed by atoms with Crippen molar-refractivity contribution in [3.05, 3.63) is 29.8 Å². The molecule has 68 valence electrons. The van der Waals surface area contributed by atoms with E-state index in [1.165, 1.54) is 0 Å². The number of rotatable bonds is 3. The molecule has 1 aromatic rings. The summed E-state index contributed by atoms with van der Waals surface area (Å²) in [7, 11) is 1.55. The first-order valence-electron chi connectivity index (χ1n) is 3.63. The highest BCUT2D eigenvalue weighted by molar-refractivity contribution is 6.35. The van der Waals surface area contributed by atoms with E-state index < -0.39 is 0 Å². The number of carbonyl (C=O) groups is 1. The molecule has 0 saturated carbocycles. The predicted molar refractivity (Wildman–Crippen MR) is 47.6 cm³/mol. The normalized spacial score (nSPS) is 10.2. The Morgan fingerprint density at radius 1 is 1.46 bits per heavy atom. The fourth-order valence-corrected chi connectivity index (χ4v) is 0.882. The maximum absolute atomic E-state index is 11.1. The van der Waals surface area contributed by atoms with E-state index in [0.29, 0.717) is 11.3 Å². The Kier molecular flexibility index (Phi) is 3.03. The number of Topliss-reactive ketones (excluding diaryl/α,β-unsaturated/α-hetero) is 1. The number of hydrogen-bond donors (Lipinski definition) is 1. The molecule has 0 spiro atoms. The maximum Gasteiger partial charge on any atom is 0.207 e. The number of methoxy groups -OCH3 is 1. The molecule has 0 aliphatic heterocycles. The highest BCUT2D eigenvalue weighted by atomic mass is 16.5. The van der Waals surface area contributed by atoms with Crippen molar-refractivity contribution in [2.45, 2.75) is 0 Å². The Hall–Kier alpha value is -1.84. The molecule has 0 bridgehead atoms. The molecule has 1 rings (SSSR count). The van der Waals surface area contributed by atoms with Gasteiger partial charge in [-0.05, 0) is 24.3 Å². The van der Waals surface area contributed by atoms with Gasteiger partial charge in [0, 0.05) is 5.56 Å². The van der Waals surface area contributed by atoms with Gasteiger partial charge in [-0.2, -0.15) is 0 Å². The van der Waals surface area contributed by atoms with Crippen LogP contribution in [-0.4, -0.2) is 24.3 Å². The van der Waals surface area contributed by atoms with Gasteiger partial charge in [-0.1, -0.05) is 5.16 Å². The van der Waals surface area contributed by atoms with Gasteiger partial charge >= 0.3 is 0 Å². The summed E-state index contributed by atoms with van der Waals surface area (Å²) >= 11 is 0. The summed E-state index contributed by atoms with van der Waals surface area (Å²) in [6.45, 7) is 0. The molecule has 0 fully saturated rings. The van der Waals surface area contributed by atoms with Gasteiger partial charge in [-0.25, -0.2) is 0 Å². The van der Waals surface area contributed by atoms with Crippen molar-refractivity contribution >= 4 is 12.0 Å². The number of hydrogen-bond acceptors (Lipinski definition) is 4. The topological polar surface area (TPSA) is 58.9 Å². The zero-order chi connectivity index (χ0) is 9.68. The molecular weight excluding hydrogens is 170 g/mol. The molecule has 0 aliphatic carbocycles. The summed E-state index contributed by atoms with van der Waals surface area (Å²) in [6.07, 6.45) is 0.849. The van der Waals surface area contributed by atoms with Crippen molar-refractivity contribution in [3.63, 3.8) is 0 Å². The molecule has 0 aliphatic rings. The van der Waals surface area contributed by atoms with Crippen LogP contribution in [-0.2, 0) is 0 Å². The Morgan fingerprint density at radius 2 is 2.08 bits per heavy atom. The molecule has 4 heteroatoms. The van der Waals surface area contributed by atoms with E-state index in [1.54, 1.807) is 31.4 Å². The largest absolute Gasteiger partial charge is 0.497 e. The van der Waals surface area contributed by atoms with E-state index >= 15 is 0 Å². The zero-order valence-electron chi connectivity index (χ0n) is 7.10. The average Bonchev–Trinajstić information content (AvgIpc) is 2.18. The maximum atomic E-state index is 11.1. The monoisotopic (exact) mass is 179 g/mol. The van der Waals surface area contributed by atoms with Crippen LogP contribution in [0.4, 0.5) is 0 Å². The van der Waals surface area contributed by atoms with Crippen molar-refractivity contribution in [2.75, 3.05) is 7.11 Å². The minimum absolute atomic E-state index is 0.342. The quantitative estimate of drug-likeness (QED) is 0.329. The lowest BCUT2D eigenvalue weighted by Gasteiger charge is -1.99. The molecule has 0 heterocycles. The minimum atomic E-state index is -0.342. The first kappa shape index (κ1) is 9.25. The van der Waals surface area contributed by atoms with Gasteiger partial charge in [-0.3, -0.25) is 4.79 Å². The molecular formula is C9H9NO3. The smallest absolute Gasteiger partial charge is 0.207 e. The van der Waals surface area contributed by atoms with E-state index in [2.05, 4.69) is 5.16 Å². The standard InChI is InChI=1S/C9H9NO3/c1-13-8-4-2-7(3-5-8)9(11)6-10-12/h2-6,12H,1H3/b10-6-. The fraction of sp³-hybridized carbons (Fsp3) is 0.111. The van der Waals surface area contributed by atoms with Crippen molar-refractivity contribution in [1.82, 2.24) is 0 Å². The average molecular weight is 179 g/mol. The molecule has 0 aromatic heterocycles. The third-order valence-corrected chi connectivity index (χ3v) is 1.55. The summed E-state index contributed by atoms with van der Waals surface area (Å²) in [6, 6.07) is 6.53. The molecule has 1 N–H and O–H groups in total. The molecule has 0 atom stereocenters. The number of carbonyl (C=O) groups excluding carboxylic acids is 1. The van der Waals surface area contributed by atoms with Gasteiger partial charge in [0.05, 0.1) is 7.11 Å². The first-order chi connectivity index (χ1) is 6.27. The first-order valence-corrected chi connectivity index (χ1v) is 3.63. The van der Waals surface area contributed by atoms with Crippen LogP contribution in [0.25, 0.3) is 0 Å². The lowest BCUT2D eigenvalue weighted by molar-refractivity contribution is 0.106. The van der Waals surface area contributed by atoms with Crippen LogP contribution in [0, 0.1) is 0 Å². The predicted octanol–water partition coefficient (Wildman–Crippen LogP) is 1.34. The van der Waals surface area contributed by atoms with Crippen molar-refractivity contribution < 1.29 is 14.7 Å². The van der Waals surface area contributed by atoms with Gasteiger partial charge < -0.3 is 9.94 Å². The highest BCUT2D eigenvalue weighted by Gasteiger charge is 2.01. The second-order valence-electron chi connectivity index (χ2n) is 2.34. The van der Waals surface area contributed by atoms with Crippen molar-refractivity contribution in [2.24, 2.45) is 5.16 Å². The minimum Gasteiger partial charge on any atom is -0.497 e. The van der Waals surface area contributed by atoms with Crippen LogP contribution in [0.15, 0.2) is 29.4 Å². The van der Waals surface area contributed by atoms with Crippen molar-refractivity contribution in [3.8, 4) is 5.75 Å². The van der Waals surface area contributed by atoms with Gasteiger partial charge in [0.2, 0.25) is 5.78 Å². The Morgan fingerprint density at radius 3 is 2.54 bits per heavy atom. The lowest BCUT2D eigenvalue weighted by Crippen LogP contribution is -1.99. The van der Waals surface area contributed by atoms with Crippen LogP contribution in [0.5, 0.6) is 5.75 Å². The second-order valence-corrected chi connectivity index (χ2v) is 2.34. The van der Waals surface area contributed by atoms with E-state index in [1.807, 2.05) is 0 Å². The van der Waals surface area contributed by atoms with Crippen LogP contribution >= 0.6 is 0 Å². The summed E-state index contributed by atoms with van der Waals surface area (Å²) in [5, 5.41) is 10.8. The summed E-state index contributed by atoms with van der Waals surface area (Å²) < 4.78 is 4.91. The second kappa shape index (κ2) is 4.25. The van der Waals surface area contributed by atoms with Crippen LogP contribution in [0.2, 0.25) is 0 Å². The summed E-state index contributed by atoms with van der Waals surface area (Å²) in [5.41, 5.74) is 0.457. The van der Waals surface area contributed by atoms with Crippen LogP contribution in [0.1, 0.15) is 10.4 Å². The summed E-state index contributed by atoms with van der Waals surface area (Å²) in [4.78, 5) is 11.1. The number of nitrogens with zero attached hydrogens (tertiary/aromatic N) is 1. The van der Waals surface area contributed by atoms with E-state index in [9.17, 15) is 4.79 Å². The van der Waals surface area contributed by atoms with Gasteiger partial charge in [-0.15, -0.1) is 0 Å². The molecule has 0 saturated heterocycles. The van der Waals surface area contributed by atoms with Crippen LogP contribution in [0.3, 0.4) is 0 Å². The van der Waals surface area contributed by atoms with Gasteiger partial charge in [0.15, 0.2) is 0 Å². The highest BCUT2D eigenvalue weighted by Crippen LogP contribution is 2.10. The van der Waals surface area contributed by atoms with Crippen LogP contribution < -0.4 is 4.74 Å². The number of ketones is 1. The van der Waals surface area contributed by atoms with E-state index in [-0.39, 0.29) is 5.78 Å². The van der Waals surface area contributed by atoms with E-state index in [4.69, 9.17) is 9.94 Å². The molecule has 1 aromatic carbocycles. The molecule has 4 nitrogen and oxygen atoms in total. The zero-order valence-corrected chi connectivity index (χ0v) is 7.10. The third kappa shape index (κ3) is 2.30. The molecule has 0 amide bonds. The number of benzene rings is 1. The SMILES string of the molecule is COc1ccc(C(=O)/C=N\O)cc1. The van der Waals surface area contributed by atoms with Gasteiger partial charge in [0.1, 0.15) is 12.0 Å². The lowest BCUT2D eigenvalue weighted by atomic mass is 10.1. The third-order valence-electron chi connectivity index (χ3n) is 1.55.